The number of carboxylic acid groups (broad SMARTS) is 1. The van der Waals surface area contributed by atoms with Crippen LogP contribution in [0.3, 0.4) is 0 Å². The molecule has 0 aromatic heterocycles. The van der Waals surface area contributed by atoms with Crippen LogP contribution in [-0.2, 0) is 4.79 Å². The number of carboxylic acids is 1. The van der Waals surface area contributed by atoms with Crippen LogP contribution in [0.25, 0.3) is 0 Å². The van der Waals surface area contributed by atoms with Gasteiger partial charge in [0.1, 0.15) is 5.75 Å². The molecule has 0 saturated heterocycles. The average molecular weight is 378 g/mol. The van der Waals surface area contributed by atoms with Gasteiger partial charge in [0.25, 0.3) is 5.91 Å². The van der Waals surface area contributed by atoms with E-state index in [1.165, 1.54) is 24.3 Å². The summed E-state index contributed by atoms with van der Waals surface area (Å²) in [7, 11) is 0. The van der Waals surface area contributed by atoms with Crippen molar-refractivity contribution in [3.8, 4) is 5.75 Å². The first-order valence-corrected chi connectivity index (χ1v) is 7.66. The molecule has 0 aliphatic heterocycles. The van der Waals surface area contributed by atoms with Gasteiger partial charge in [-0.3, -0.25) is 4.79 Å². The van der Waals surface area contributed by atoms with E-state index in [1.54, 1.807) is 26.0 Å². The molecule has 0 fully saturated rings. The molecule has 2 N–H and O–H groups in total. The lowest BCUT2D eigenvalue weighted by Gasteiger charge is -2.25. The molecule has 0 bridgehead atoms. The van der Waals surface area contributed by atoms with Gasteiger partial charge in [0.15, 0.2) is 5.60 Å². The molecule has 0 saturated carbocycles. The average Bonchev–Trinajstić information content (AvgIpc) is 2.49. The van der Waals surface area contributed by atoms with E-state index in [0.29, 0.717) is 11.4 Å². The molecular formula is C17H16BrNO4. The Morgan fingerprint density at radius 2 is 1.61 bits per heavy atom. The van der Waals surface area contributed by atoms with Gasteiger partial charge in [0.05, 0.1) is 5.56 Å². The van der Waals surface area contributed by atoms with Crippen molar-refractivity contribution in [1.82, 2.24) is 0 Å². The van der Waals surface area contributed by atoms with Gasteiger partial charge >= 0.3 is 5.97 Å². The van der Waals surface area contributed by atoms with Gasteiger partial charge in [0.2, 0.25) is 0 Å². The first kappa shape index (κ1) is 17.0. The van der Waals surface area contributed by atoms with Crippen molar-refractivity contribution in [2.75, 3.05) is 5.32 Å². The standard InChI is InChI=1S/C17H16BrNO4/c1-17(2,16(22)19-13-7-5-12(18)6-8-13)23-14-9-3-11(4-10-14)15(20)21/h3-10H,1-2H3,(H,19,22)(H,20,21). The van der Waals surface area contributed by atoms with E-state index in [0.717, 1.165) is 4.47 Å². The number of anilines is 1. The fraction of sp³-hybridized carbons (Fsp3) is 0.176. The molecule has 0 aliphatic rings. The second kappa shape index (κ2) is 6.83. The Kier molecular flexibility index (Phi) is 5.05. The Bertz CT molecular complexity index is 708. The second-order valence-electron chi connectivity index (χ2n) is 5.40. The smallest absolute Gasteiger partial charge is 0.335 e. The Balaban J connectivity index is 2.06. The molecule has 2 aromatic carbocycles. The molecule has 0 spiro atoms. The number of benzene rings is 2. The number of hydrogen-bond acceptors (Lipinski definition) is 3. The van der Waals surface area contributed by atoms with Crippen LogP contribution in [0.2, 0.25) is 0 Å². The predicted octanol–water partition coefficient (Wildman–Crippen LogP) is 3.94. The maximum absolute atomic E-state index is 12.4. The highest BCUT2D eigenvalue weighted by atomic mass is 79.9. The number of carbonyl (C=O) groups is 2. The first-order chi connectivity index (χ1) is 10.8. The molecule has 2 aromatic rings. The summed E-state index contributed by atoms with van der Waals surface area (Å²) in [5.74, 6) is -0.892. The summed E-state index contributed by atoms with van der Waals surface area (Å²) < 4.78 is 6.60. The summed E-state index contributed by atoms with van der Waals surface area (Å²) in [5, 5.41) is 11.7. The zero-order valence-electron chi connectivity index (χ0n) is 12.7. The highest BCUT2D eigenvalue weighted by Crippen LogP contribution is 2.21. The largest absolute Gasteiger partial charge is 0.478 e. The lowest BCUT2D eigenvalue weighted by Crippen LogP contribution is -2.42. The number of rotatable bonds is 5. The highest BCUT2D eigenvalue weighted by Gasteiger charge is 2.30. The first-order valence-electron chi connectivity index (χ1n) is 6.87. The lowest BCUT2D eigenvalue weighted by atomic mass is 10.1. The van der Waals surface area contributed by atoms with E-state index < -0.39 is 11.6 Å². The fourth-order valence-electron chi connectivity index (χ4n) is 1.82. The lowest BCUT2D eigenvalue weighted by molar-refractivity contribution is -0.128. The summed E-state index contributed by atoms with van der Waals surface area (Å²) in [6, 6.07) is 13.1. The van der Waals surface area contributed by atoms with E-state index in [-0.39, 0.29) is 11.5 Å². The van der Waals surface area contributed by atoms with Gasteiger partial charge < -0.3 is 15.2 Å². The van der Waals surface area contributed by atoms with Gasteiger partial charge in [0, 0.05) is 10.2 Å². The molecule has 0 heterocycles. The van der Waals surface area contributed by atoms with Crippen LogP contribution in [-0.4, -0.2) is 22.6 Å². The molecule has 0 unspecified atom stereocenters. The van der Waals surface area contributed by atoms with Crippen LogP contribution in [0.4, 0.5) is 5.69 Å². The Morgan fingerprint density at radius 1 is 1.04 bits per heavy atom. The number of ether oxygens (including phenoxy) is 1. The monoisotopic (exact) mass is 377 g/mol. The number of aromatic carboxylic acids is 1. The van der Waals surface area contributed by atoms with Crippen molar-refractivity contribution < 1.29 is 19.4 Å². The fourth-order valence-corrected chi connectivity index (χ4v) is 2.09. The van der Waals surface area contributed by atoms with E-state index in [9.17, 15) is 9.59 Å². The SMILES string of the molecule is CC(C)(Oc1ccc(C(=O)O)cc1)C(=O)Nc1ccc(Br)cc1. The molecule has 6 heteroatoms. The molecule has 0 aliphatic carbocycles. The Hall–Kier alpha value is -2.34. The van der Waals surface area contributed by atoms with Crippen LogP contribution in [0, 0.1) is 0 Å². The van der Waals surface area contributed by atoms with Crippen molar-refractivity contribution >= 4 is 33.5 Å². The van der Waals surface area contributed by atoms with E-state index in [4.69, 9.17) is 9.84 Å². The molecule has 1 amide bonds. The Labute approximate surface area is 142 Å². The van der Waals surface area contributed by atoms with Gasteiger partial charge in [-0.2, -0.15) is 0 Å². The Morgan fingerprint density at radius 3 is 2.13 bits per heavy atom. The van der Waals surface area contributed by atoms with Crippen LogP contribution < -0.4 is 10.1 Å². The number of hydrogen-bond donors (Lipinski definition) is 2. The number of nitrogens with one attached hydrogen (secondary N) is 1. The zero-order valence-corrected chi connectivity index (χ0v) is 14.3. The summed E-state index contributed by atoms with van der Waals surface area (Å²) in [4.78, 5) is 23.2. The van der Waals surface area contributed by atoms with Gasteiger partial charge in [-0.1, -0.05) is 15.9 Å². The van der Waals surface area contributed by atoms with Gasteiger partial charge in [-0.25, -0.2) is 4.79 Å². The minimum absolute atomic E-state index is 0.162. The topological polar surface area (TPSA) is 75.6 Å². The zero-order chi connectivity index (χ0) is 17.0. The van der Waals surface area contributed by atoms with E-state index in [2.05, 4.69) is 21.2 Å². The third-order valence-corrected chi connectivity index (χ3v) is 3.65. The summed E-state index contributed by atoms with van der Waals surface area (Å²) in [6.45, 7) is 3.29. The number of halogens is 1. The van der Waals surface area contributed by atoms with Gasteiger partial charge in [-0.05, 0) is 62.4 Å². The van der Waals surface area contributed by atoms with Crippen LogP contribution in [0.1, 0.15) is 24.2 Å². The molecule has 0 atom stereocenters. The molecule has 0 radical (unpaired) electrons. The predicted molar refractivity (Wildman–Crippen MR) is 90.9 cm³/mol. The third-order valence-electron chi connectivity index (χ3n) is 3.12. The molecular weight excluding hydrogens is 362 g/mol. The highest BCUT2D eigenvalue weighted by molar-refractivity contribution is 9.10. The molecule has 23 heavy (non-hydrogen) atoms. The van der Waals surface area contributed by atoms with Gasteiger partial charge in [-0.15, -0.1) is 0 Å². The van der Waals surface area contributed by atoms with E-state index in [1.807, 2.05) is 12.1 Å². The maximum atomic E-state index is 12.4. The summed E-state index contributed by atoms with van der Waals surface area (Å²) >= 11 is 3.33. The maximum Gasteiger partial charge on any atom is 0.335 e. The van der Waals surface area contributed by atoms with Crippen molar-refractivity contribution in [1.29, 1.82) is 0 Å². The molecule has 120 valence electrons. The van der Waals surface area contributed by atoms with Crippen molar-refractivity contribution in [3.05, 3.63) is 58.6 Å². The normalized spacial score (nSPS) is 10.9. The van der Waals surface area contributed by atoms with E-state index >= 15 is 0 Å². The third kappa shape index (κ3) is 4.56. The number of amides is 1. The quantitative estimate of drug-likeness (QED) is 0.826. The van der Waals surface area contributed by atoms with Crippen molar-refractivity contribution in [2.24, 2.45) is 0 Å². The molecule has 2 rings (SSSR count). The second-order valence-corrected chi connectivity index (χ2v) is 6.32. The van der Waals surface area contributed by atoms with Crippen LogP contribution in [0.5, 0.6) is 5.75 Å². The minimum atomic E-state index is -1.11. The summed E-state index contributed by atoms with van der Waals surface area (Å²) in [6.07, 6.45) is 0. The van der Waals surface area contributed by atoms with Crippen molar-refractivity contribution in [2.45, 2.75) is 19.4 Å². The molecule has 5 nitrogen and oxygen atoms in total. The minimum Gasteiger partial charge on any atom is -0.478 e. The summed E-state index contributed by atoms with van der Waals surface area (Å²) in [5.41, 5.74) is -0.289. The van der Waals surface area contributed by atoms with Crippen LogP contribution >= 0.6 is 15.9 Å². The number of carbonyl (C=O) groups excluding carboxylic acids is 1. The van der Waals surface area contributed by atoms with Crippen LogP contribution in [0.15, 0.2) is 53.0 Å². The van der Waals surface area contributed by atoms with Crippen molar-refractivity contribution in [3.63, 3.8) is 0 Å².